The lowest BCUT2D eigenvalue weighted by molar-refractivity contribution is 0.297. The number of ether oxygens (including phenoxy) is 2. The second kappa shape index (κ2) is 5.57. The summed E-state index contributed by atoms with van der Waals surface area (Å²) in [5, 5.41) is 17.2. The molecule has 1 unspecified atom stereocenters. The highest BCUT2D eigenvalue weighted by molar-refractivity contribution is 5.47. The first-order chi connectivity index (χ1) is 9.88. The number of hydrogen-bond acceptors (Lipinski definition) is 5. The van der Waals surface area contributed by atoms with E-state index in [1.54, 1.807) is 18.3 Å². The van der Waals surface area contributed by atoms with Crippen molar-refractivity contribution in [2.45, 2.75) is 12.3 Å². The van der Waals surface area contributed by atoms with E-state index in [0.29, 0.717) is 24.7 Å². The van der Waals surface area contributed by atoms with Gasteiger partial charge in [-0.2, -0.15) is 15.5 Å². The van der Waals surface area contributed by atoms with Gasteiger partial charge in [0.2, 0.25) is 0 Å². The van der Waals surface area contributed by atoms with Crippen LogP contribution in [0.4, 0.5) is 0 Å². The van der Waals surface area contributed by atoms with Crippen LogP contribution in [0, 0.1) is 11.3 Å². The molecule has 0 fully saturated rings. The Morgan fingerprint density at radius 3 is 2.75 bits per heavy atom. The van der Waals surface area contributed by atoms with Crippen LogP contribution < -0.4 is 9.47 Å². The number of fused-ring (bicyclic) bond motifs is 1. The minimum absolute atomic E-state index is 0.458. The van der Waals surface area contributed by atoms with Crippen molar-refractivity contribution in [2.24, 2.45) is 0 Å². The number of benzene rings is 1. The van der Waals surface area contributed by atoms with E-state index in [9.17, 15) is 5.26 Å². The fourth-order valence-corrected chi connectivity index (χ4v) is 2.14. The Morgan fingerprint density at radius 1 is 1.15 bits per heavy atom. The second-order valence-corrected chi connectivity index (χ2v) is 4.47. The van der Waals surface area contributed by atoms with Crippen LogP contribution in [-0.4, -0.2) is 23.4 Å². The summed E-state index contributed by atoms with van der Waals surface area (Å²) in [4.78, 5) is 0. The first-order valence-electron chi connectivity index (χ1n) is 6.45. The summed E-state index contributed by atoms with van der Waals surface area (Å²) in [6.45, 7) is 1.27. The van der Waals surface area contributed by atoms with E-state index in [2.05, 4.69) is 16.3 Å². The van der Waals surface area contributed by atoms with Gasteiger partial charge in [0.15, 0.2) is 11.5 Å². The van der Waals surface area contributed by atoms with Crippen molar-refractivity contribution in [1.29, 1.82) is 5.26 Å². The molecule has 0 bridgehead atoms. The van der Waals surface area contributed by atoms with E-state index in [-0.39, 0.29) is 0 Å². The summed E-state index contributed by atoms with van der Waals surface area (Å²) in [5.41, 5.74) is 1.46. The smallest absolute Gasteiger partial charge is 0.161 e. The molecule has 0 saturated heterocycles. The van der Waals surface area contributed by atoms with E-state index < -0.39 is 5.92 Å². The van der Waals surface area contributed by atoms with Gasteiger partial charge < -0.3 is 9.47 Å². The molecule has 0 N–H and O–H groups in total. The van der Waals surface area contributed by atoms with Crippen molar-refractivity contribution in [2.75, 3.05) is 13.2 Å². The number of aromatic nitrogens is 2. The van der Waals surface area contributed by atoms with E-state index in [0.717, 1.165) is 17.7 Å². The second-order valence-electron chi connectivity index (χ2n) is 4.47. The monoisotopic (exact) mass is 267 g/mol. The molecule has 0 amide bonds. The van der Waals surface area contributed by atoms with E-state index in [1.807, 2.05) is 18.2 Å². The van der Waals surface area contributed by atoms with Crippen LogP contribution in [0.5, 0.6) is 11.5 Å². The SMILES string of the molecule is N#CC(c1ccc2c(c1)OCCCO2)c1cccnn1. The van der Waals surface area contributed by atoms with Gasteiger partial charge in [-0.05, 0) is 29.8 Å². The van der Waals surface area contributed by atoms with Crippen molar-refractivity contribution in [3.05, 3.63) is 47.8 Å². The molecule has 5 heteroatoms. The van der Waals surface area contributed by atoms with Gasteiger partial charge >= 0.3 is 0 Å². The Kier molecular flexibility index (Phi) is 3.46. The first-order valence-corrected chi connectivity index (χ1v) is 6.45. The molecule has 1 aliphatic heterocycles. The highest BCUT2D eigenvalue weighted by Gasteiger charge is 2.18. The maximum atomic E-state index is 9.40. The summed E-state index contributed by atoms with van der Waals surface area (Å²) in [6.07, 6.45) is 2.45. The van der Waals surface area contributed by atoms with Gasteiger partial charge in [-0.1, -0.05) is 6.07 Å². The minimum Gasteiger partial charge on any atom is -0.490 e. The van der Waals surface area contributed by atoms with Gasteiger partial charge in [0, 0.05) is 12.6 Å². The van der Waals surface area contributed by atoms with E-state index >= 15 is 0 Å². The molecule has 0 aliphatic carbocycles. The fourth-order valence-electron chi connectivity index (χ4n) is 2.14. The van der Waals surface area contributed by atoms with E-state index in [4.69, 9.17) is 9.47 Å². The highest BCUT2D eigenvalue weighted by atomic mass is 16.5. The predicted octanol–water partition coefficient (Wildman–Crippen LogP) is 2.29. The molecule has 1 aromatic carbocycles. The molecule has 1 aliphatic rings. The van der Waals surface area contributed by atoms with Crippen LogP contribution in [0.15, 0.2) is 36.5 Å². The van der Waals surface area contributed by atoms with Crippen LogP contribution in [0.25, 0.3) is 0 Å². The lowest BCUT2D eigenvalue weighted by atomic mass is 9.96. The van der Waals surface area contributed by atoms with Crippen molar-refractivity contribution < 1.29 is 9.47 Å². The zero-order valence-electron chi connectivity index (χ0n) is 10.8. The molecule has 20 heavy (non-hydrogen) atoms. The molecule has 5 nitrogen and oxygen atoms in total. The lowest BCUT2D eigenvalue weighted by Crippen LogP contribution is -2.03. The van der Waals surface area contributed by atoms with Crippen molar-refractivity contribution in [1.82, 2.24) is 10.2 Å². The Bertz CT molecular complexity index is 637. The molecule has 100 valence electrons. The van der Waals surface area contributed by atoms with Gasteiger partial charge in [-0.25, -0.2) is 0 Å². The average molecular weight is 267 g/mol. The molecule has 2 aromatic rings. The largest absolute Gasteiger partial charge is 0.490 e. The van der Waals surface area contributed by atoms with E-state index in [1.165, 1.54) is 0 Å². The molecule has 0 radical (unpaired) electrons. The summed E-state index contributed by atoms with van der Waals surface area (Å²) in [5.74, 6) is 0.951. The summed E-state index contributed by atoms with van der Waals surface area (Å²) in [7, 11) is 0. The minimum atomic E-state index is -0.458. The van der Waals surface area contributed by atoms with Gasteiger partial charge in [-0.15, -0.1) is 0 Å². The summed E-state index contributed by atoms with van der Waals surface area (Å²) < 4.78 is 11.2. The number of nitriles is 1. The van der Waals surface area contributed by atoms with Crippen molar-refractivity contribution in [3.8, 4) is 17.6 Å². The molecule has 2 heterocycles. The van der Waals surface area contributed by atoms with Crippen molar-refractivity contribution >= 4 is 0 Å². The molecule has 0 saturated carbocycles. The Morgan fingerprint density at radius 2 is 2.00 bits per heavy atom. The Hall–Kier alpha value is -2.61. The van der Waals surface area contributed by atoms with Gasteiger partial charge in [0.05, 0.1) is 25.0 Å². The Balaban J connectivity index is 1.97. The third-order valence-corrected chi connectivity index (χ3v) is 3.12. The lowest BCUT2D eigenvalue weighted by Gasteiger charge is -2.12. The zero-order valence-corrected chi connectivity index (χ0v) is 10.8. The van der Waals surface area contributed by atoms with Gasteiger partial charge in [0.25, 0.3) is 0 Å². The molecular weight excluding hydrogens is 254 g/mol. The van der Waals surface area contributed by atoms with Gasteiger partial charge in [0.1, 0.15) is 5.92 Å². The zero-order chi connectivity index (χ0) is 13.8. The Labute approximate surface area is 116 Å². The maximum absolute atomic E-state index is 9.40. The van der Waals surface area contributed by atoms with Crippen LogP contribution in [-0.2, 0) is 0 Å². The third kappa shape index (κ3) is 2.41. The third-order valence-electron chi connectivity index (χ3n) is 3.12. The van der Waals surface area contributed by atoms with Crippen LogP contribution in [0.3, 0.4) is 0 Å². The van der Waals surface area contributed by atoms with Gasteiger partial charge in [-0.3, -0.25) is 0 Å². The molecule has 1 aromatic heterocycles. The first kappa shape index (κ1) is 12.4. The summed E-state index contributed by atoms with van der Waals surface area (Å²) >= 11 is 0. The number of nitrogens with zero attached hydrogens (tertiary/aromatic N) is 3. The molecule has 0 spiro atoms. The topological polar surface area (TPSA) is 68.0 Å². The molecular formula is C15H13N3O2. The fraction of sp³-hybridized carbons (Fsp3) is 0.267. The number of hydrogen-bond donors (Lipinski definition) is 0. The highest BCUT2D eigenvalue weighted by Crippen LogP contribution is 2.34. The molecule has 1 atom stereocenters. The van der Waals surface area contributed by atoms with Crippen LogP contribution in [0.2, 0.25) is 0 Å². The average Bonchev–Trinajstić information content (AvgIpc) is 2.74. The predicted molar refractivity (Wildman–Crippen MR) is 71.5 cm³/mol. The molecule has 3 rings (SSSR count). The number of rotatable bonds is 2. The maximum Gasteiger partial charge on any atom is 0.161 e. The van der Waals surface area contributed by atoms with Crippen LogP contribution >= 0.6 is 0 Å². The standard InChI is InChI=1S/C15H13N3O2/c16-10-12(13-3-1-6-17-18-13)11-4-5-14-15(9-11)20-8-2-7-19-14/h1,3-6,9,12H,2,7-8H2. The normalized spacial score (nSPS) is 14.9. The van der Waals surface area contributed by atoms with Crippen LogP contribution in [0.1, 0.15) is 23.6 Å². The van der Waals surface area contributed by atoms with Crippen molar-refractivity contribution in [3.63, 3.8) is 0 Å². The quantitative estimate of drug-likeness (QED) is 0.835. The summed E-state index contributed by atoms with van der Waals surface area (Å²) in [6, 6.07) is 11.4.